The molecule has 0 bridgehead atoms. The van der Waals surface area contributed by atoms with Gasteiger partial charge in [-0.25, -0.2) is 0 Å². The molecule has 1 unspecified atom stereocenters. The molecular weight excluding hydrogens is 376 g/mol. The SMILES string of the molecule is O=C(CCC(=O)c1ccc(Cl)s1)NCC(c1cccs1)N1CCCC1. The maximum absolute atomic E-state index is 12.2. The van der Waals surface area contributed by atoms with E-state index in [2.05, 4.69) is 27.7 Å². The van der Waals surface area contributed by atoms with Crippen molar-refractivity contribution in [1.82, 2.24) is 10.2 Å². The number of halogens is 1. The highest BCUT2D eigenvalue weighted by Crippen LogP contribution is 2.28. The van der Waals surface area contributed by atoms with Crippen LogP contribution in [0.4, 0.5) is 0 Å². The maximum atomic E-state index is 12.2. The number of Topliss-reactive ketones (excluding diaryl/α,β-unsaturated/α-hetero) is 1. The van der Waals surface area contributed by atoms with Crippen molar-refractivity contribution in [2.75, 3.05) is 19.6 Å². The molecule has 1 aliphatic heterocycles. The molecule has 25 heavy (non-hydrogen) atoms. The van der Waals surface area contributed by atoms with Crippen molar-refractivity contribution in [2.45, 2.75) is 31.7 Å². The van der Waals surface area contributed by atoms with Crippen LogP contribution in [0.5, 0.6) is 0 Å². The fourth-order valence-corrected chi connectivity index (χ4v) is 4.93. The van der Waals surface area contributed by atoms with Crippen molar-refractivity contribution >= 4 is 46.0 Å². The second kappa shape index (κ2) is 8.94. The van der Waals surface area contributed by atoms with E-state index < -0.39 is 0 Å². The summed E-state index contributed by atoms with van der Waals surface area (Å²) in [5.41, 5.74) is 0. The van der Waals surface area contributed by atoms with E-state index in [1.807, 2.05) is 0 Å². The number of hydrogen-bond donors (Lipinski definition) is 1. The third-order valence-corrected chi connectivity index (χ3v) is 6.62. The van der Waals surface area contributed by atoms with Gasteiger partial charge in [-0.2, -0.15) is 0 Å². The summed E-state index contributed by atoms with van der Waals surface area (Å²) in [5.74, 6) is -0.0989. The smallest absolute Gasteiger partial charge is 0.220 e. The van der Waals surface area contributed by atoms with Crippen molar-refractivity contribution in [3.63, 3.8) is 0 Å². The van der Waals surface area contributed by atoms with E-state index in [-0.39, 0.29) is 30.6 Å². The van der Waals surface area contributed by atoms with Gasteiger partial charge in [-0.15, -0.1) is 22.7 Å². The fraction of sp³-hybridized carbons (Fsp3) is 0.444. The van der Waals surface area contributed by atoms with Crippen LogP contribution < -0.4 is 5.32 Å². The number of likely N-dealkylation sites (tertiary alicyclic amines) is 1. The van der Waals surface area contributed by atoms with E-state index in [1.165, 1.54) is 29.1 Å². The number of ketones is 1. The zero-order valence-corrected chi connectivity index (χ0v) is 16.3. The Hall–Kier alpha value is -1.21. The second-order valence-corrected chi connectivity index (χ2v) is 8.80. The van der Waals surface area contributed by atoms with Gasteiger partial charge < -0.3 is 5.32 Å². The molecule has 3 rings (SSSR count). The van der Waals surface area contributed by atoms with E-state index in [0.717, 1.165) is 13.1 Å². The first-order valence-electron chi connectivity index (χ1n) is 8.46. The van der Waals surface area contributed by atoms with Gasteiger partial charge in [0.1, 0.15) is 0 Å². The summed E-state index contributed by atoms with van der Waals surface area (Å²) in [5, 5.41) is 5.09. The van der Waals surface area contributed by atoms with Crippen LogP contribution in [-0.2, 0) is 4.79 Å². The van der Waals surface area contributed by atoms with Gasteiger partial charge in [0.2, 0.25) is 5.91 Å². The number of amides is 1. The Labute approximate surface area is 160 Å². The molecule has 1 fully saturated rings. The lowest BCUT2D eigenvalue weighted by atomic mass is 10.1. The molecule has 1 atom stereocenters. The summed E-state index contributed by atoms with van der Waals surface area (Å²) in [7, 11) is 0. The highest BCUT2D eigenvalue weighted by Gasteiger charge is 2.24. The monoisotopic (exact) mass is 396 g/mol. The van der Waals surface area contributed by atoms with Crippen molar-refractivity contribution in [1.29, 1.82) is 0 Å². The average molecular weight is 397 g/mol. The number of carbonyl (C=O) groups excluding carboxylic acids is 2. The molecule has 2 aromatic rings. The minimum atomic E-state index is -0.0724. The highest BCUT2D eigenvalue weighted by molar-refractivity contribution is 7.18. The minimum Gasteiger partial charge on any atom is -0.354 e. The summed E-state index contributed by atoms with van der Waals surface area (Å²) in [4.78, 5) is 28.6. The van der Waals surface area contributed by atoms with Gasteiger partial charge in [-0.3, -0.25) is 14.5 Å². The largest absolute Gasteiger partial charge is 0.354 e. The quantitative estimate of drug-likeness (QED) is 0.673. The summed E-state index contributed by atoms with van der Waals surface area (Å²) >= 11 is 8.84. The lowest BCUT2D eigenvalue weighted by Gasteiger charge is -2.26. The molecule has 1 aliphatic rings. The van der Waals surface area contributed by atoms with E-state index in [1.54, 1.807) is 23.5 Å². The van der Waals surface area contributed by atoms with Gasteiger partial charge in [0.05, 0.1) is 15.3 Å². The summed E-state index contributed by atoms with van der Waals surface area (Å²) in [6, 6.07) is 7.84. The molecule has 4 nitrogen and oxygen atoms in total. The van der Waals surface area contributed by atoms with Gasteiger partial charge in [0.15, 0.2) is 5.78 Å². The first-order chi connectivity index (χ1) is 12.1. The van der Waals surface area contributed by atoms with Crippen molar-refractivity contribution in [3.8, 4) is 0 Å². The molecule has 1 saturated heterocycles. The zero-order valence-electron chi connectivity index (χ0n) is 13.9. The van der Waals surface area contributed by atoms with Gasteiger partial charge in [-0.1, -0.05) is 17.7 Å². The van der Waals surface area contributed by atoms with Crippen LogP contribution >= 0.6 is 34.3 Å². The van der Waals surface area contributed by atoms with Crippen molar-refractivity contribution in [3.05, 3.63) is 43.7 Å². The molecule has 0 spiro atoms. The average Bonchev–Trinajstić information content (AvgIpc) is 3.35. The third kappa shape index (κ3) is 5.14. The molecule has 0 aromatic carbocycles. The summed E-state index contributed by atoms with van der Waals surface area (Å²) < 4.78 is 0.595. The molecule has 2 aromatic heterocycles. The molecular formula is C18H21ClN2O2S2. The Morgan fingerprint density at radius 1 is 1.20 bits per heavy atom. The molecule has 0 saturated carbocycles. The predicted molar refractivity (Wildman–Crippen MR) is 104 cm³/mol. The fourth-order valence-electron chi connectivity index (χ4n) is 3.06. The molecule has 7 heteroatoms. The lowest BCUT2D eigenvalue weighted by molar-refractivity contribution is -0.121. The van der Waals surface area contributed by atoms with E-state index in [0.29, 0.717) is 15.8 Å². The van der Waals surface area contributed by atoms with Gasteiger partial charge in [0.25, 0.3) is 0 Å². The van der Waals surface area contributed by atoms with Crippen LogP contribution in [0.3, 0.4) is 0 Å². The Morgan fingerprint density at radius 3 is 2.64 bits per heavy atom. The molecule has 0 radical (unpaired) electrons. The van der Waals surface area contributed by atoms with Crippen LogP contribution in [0, 0.1) is 0 Å². The third-order valence-electron chi connectivity index (χ3n) is 4.37. The molecule has 1 amide bonds. The molecule has 3 heterocycles. The Morgan fingerprint density at radius 2 is 2.00 bits per heavy atom. The van der Waals surface area contributed by atoms with E-state index in [4.69, 9.17) is 11.6 Å². The zero-order chi connectivity index (χ0) is 17.6. The van der Waals surface area contributed by atoms with E-state index >= 15 is 0 Å². The van der Waals surface area contributed by atoms with Crippen molar-refractivity contribution in [2.24, 2.45) is 0 Å². The first kappa shape index (κ1) is 18.6. The highest BCUT2D eigenvalue weighted by atomic mass is 35.5. The molecule has 0 aliphatic carbocycles. The van der Waals surface area contributed by atoms with Gasteiger partial charge in [0, 0.05) is 24.3 Å². The molecule has 134 valence electrons. The van der Waals surface area contributed by atoms with Crippen LogP contribution in [0.1, 0.15) is 46.3 Å². The standard InChI is InChI=1S/C18H21ClN2O2S2/c19-17-7-6-16(25-17)14(22)5-8-18(23)20-12-13(15-4-3-11-24-15)21-9-1-2-10-21/h3-4,6-7,11,13H,1-2,5,8-10,12H2,(H,20,23). The number of thiophene rings is 2. The van der Waals surface area contributed by atoms with Gasteiger partial charge in [-0.05, 0) is 49.5 Å². The van der Waals surface area contributed by atoms with Crippen LogP contribution in [0.15, 0.2) is 29.6 Å². The van der Waals surface area contributed by atoms with Crippen LogP contribution in [0.25, 0.3) is 0 Å². The maximum Gasteiger partial charge on any atom is 0.220 e. The van der Waals surface area contributed by atoms with E-state index in [9.17, 15) is 9.59 Å². The Kier molecular flexibility index (Phi) is 6.64. The lowest BCUT2D eigenvalue weighted by Crippen LogP contribution is -2.36. The minimum absolute atomic E-state index is 0.0265. The van der Waals surface area contributed by atoms with Crippen LogP contribution in [-0.4, -0.2) is 36.2 Å². The topological polar surface area (TPSA) is 49.4 Å². The van der Waals surface area contributed by atoms with Crippen molar-refractivity contribution < 1.29 is 9.59 Å². The predicted octanol–water partition coefficient (Wildman–Crippen LogP) is 4.38. The number of nitrogens with zero attached hydrogens (tertiary/aromatic N) is 1. The Balaban J connectivity index is 1.49. The first-order valence-corrected chi connectivity index (χ1v) is 10.5. The number of rotatable bonds is 8. The Bertz CT molecular complexity index is 708. The summed E-state index contributed by atoms with van der Waals surface area (Å²) in [6.45, 7) is 2.75. The van der Waals surface area contributed by atoms with Gasteiger partial charge >= 0.3 is 0 Å². The number of hydrogen-bond acceptors (Lipinski definition) is 5. The second-order valence-electron chi connectivity index (χ2n) is 6.11. The normalized spacial score (nSPS) is 16.0. The molecule has 1 N–H and O–H groups in total. The number of nitrogens with one attached hydrogen (secondary N) is 1. The summed E-state index contributed by atoms with van der Waals surface area (Å²) in [6.07, 6.45) is 2.86. The number of carbonyl (C=O) groups is 2. The van der Waals surface area contributed by atoms with Crippen LogP contribution in [0.2, 0.25) is 4.34 Å².